The molecule has 1 unspecified atom stereocenters. The number of aromatic nitrogens is 1. The lowest BCUT2D eigenvalue weighted by Gasteiger charge is -2.36. The van der Waals surface area contributed by atoms with Crippen LogP contribution in [0.1, 0.15) is 81.8 Å². The topological polar surface area (TPSA) is 138 Å². The maximum atomic E-state index is 14.5. The molecular weight excluding hydrogens is 689 g/mol. The molecule has 2 heterocycles. The van der Waals surface area contributed by atoms with E-state index in [1.54, 1.807) is 31.3 Å². The van der Waals surface area contributed by atoms with E-state index < -0.39 is 64.8 Å². The maximum absolute atomic E-state index is 14.5. The molecule has 1 aromatic heterocycles. The van der Waals surface area contributed by atoms with E-state index in [1.807, 2.05) is 63.2 Å². The van der Waals surface area contributed by atoms with Crippen molar-refractivity contribution < 1.29 is 32.8 Å². The van der Waals surface area contributed by atoms with Crippen LogP contribution in [0, 0.1) is 17.3 Å². The van der Waals surface area contributed by atoms with Gasteiger partial charge < -0.3 is 20.9 Å². The summed E-state index contributed by atoms with van der Waals surface area (Å²) in [5, 5.41) is 7.66. The number of pyridine rings is 1. The van der Waals surface area contributed by atoms with Crippen LogP contribution in [0.2, 0.25) is 0 Å². The largest absolute Gasteiger partial charge is 0.343 e. The summed E-state index contributed by atoms with van der Waals surface area (Å²) < 4.78 is 25.9. The van der Waals surface area contributed by atoms with Crippen molar-refractivity contribution in [1.29, 1.82) is 0 Å². The third-order valence-corrected chi connectivity index (χ3v) is 11.1. The molecule has 2 aliphatic rings. The Morgan fingerprint density at radius 1 is 0.942 bits per heavy atom. The summed E-state index contributed by atoms with van der Waals surface area (Å²) in [5.41, 5.74) is 1.03. The van der Waals surface area contributed by atoms with Gasteiger partial charge in [-0.3, -0.25) is 29.0 Å². The fraction of sp³-hybridized carbons (Fsp3) is 0.487. The number of para-hydroxylation sites is 1. The first-order chi connectivity index (χ1) is 24.8. The Balaban J connectivity index is 1.37. The number of fused-ring (bicyclic) bond motifs is 2. The lowest BCUT2D eigenvalue weighted by Crippen LogP contribution is -2.59. The molecule has 0 radical (unpaired) electrons. The number of alkyl halides is 2. The molecule has 3 aromatic rings. The van der Waals surface area contributed by atoms with Gasteiger partial charge in [0.1, 0.15) is 17.5 Å². The smallest absolute Gasteiger partial charge is 0.291 e. The van der Waals surface area contributed by atoms with Gasteiger partial charge in [0.2, 0.25) is 18.2 Å². The van der Waals surface area contributed by atoms with Crippen molar-refractivity contribution in [2.75, 3.05) is 12.3 Å². The van der Waals surface area contributed by atoms with E-state index in [2.05, 4.69) is 20.9 Å². The average molecular weight is 736 g/mol. The molecule has 0 spiro atoms. The van der Waals surface area contributed by atoms with Crippen LogP contribution in [0.25, 0.3) is 10.9 Å². The van der Waals surface area contributed by atoms with Crippen LogP contribution in [0.15, 0.2) is 66.9 Å². The Labute approximate surface area is 307 Å². The minimum atomic E-state index is -2.52. The van der Waals surface area contributed by atoms with Crippen molar-refractivity contribution in [3.05, 3.63) is 78.0 Å². The number of thioether (sulfide) groups is 1. The molecule has 1 aliphatic carbocycles. The second-order valence-corrected chi connectivity index (χ2v) is 15.9. The molecule has 1 aliphatic heterocycles. The highest BCUT2D eigenvalue weighted by molar-refractivity contribution is 8.00. The molecule has 52 heavy (non-hydrogen) atoms. The van der Waals surface area contributed by atoms with Crippen LogP contribution in [-0.4, -0.2) is 75.5 Å². The van der Waals surface area contributed by atoms with E-state index in [0.717, 1.165) is 30.2 Å². The standard InChI is InChI=1S/C39H47F2N5O5S/c1-23(24-12-6-5-7-13-24)43-36(50)32(47)37(52-21-11-18-30(40)41)45-35(49)31-26-16-10-14-25(26)22-46(31)38(51)33(39(2,3)4)44-34(48)28-19-20-42-29-17-9-8-15-27(28)29/h5-9,12-13,15,17,19-20,23,25-26,30-31,33,37H,10-11,14,16,18,21-22H2,1-4H3,(H,43,50)(H,44,48)(H,45,49)/t23-,25-,26-,31-,33+,37?/m0/s1. The summed E-state index contributed by atoms with van der Waals surface area (Å²) in [6, 6.07) is 15.4. The third-order valence-electron chi connectivity index (χ3n) is 9.96. The van der Waals surface area contributed by atoms with Crippen molar-refractivity contribution in [2.45, 2.75) is 89.7 Å². The van der Waals surface area contributed by atoms with Crippen LogP contribution >= 0.6 is 11.8 Å². The van der Waals surface area contributed by atoms with Gasteiger partial charge in [0.05, 0.1) is 17.1 Å². The maximum Gasteiger partial charge on any atom is 0.291 e. The molecule has 2 fully saturated rings. The van der Waals surface area contributed by atoms with E-state index in [4.69, 9.17) is 0 Å². The van der Waals surface area contributed by atoms with Crippen LogP contribution in [0.4, 0.5) is 8.78 Å². The van der Waals surface area contributed by atoms with E-state index in [9.17, 15) is 32.8 Å². The van der Waals surface area contributed by atoms with Gasteiger partial charge in [0, 0.05) is 24.5 Å². The lowest BCUT2D eigenvalue weighted by molar-refractivity contribution is -0.144. The number of nitrogens with zero attached hydrogens (tertiary/aromatic N) is 2. The average Bonchev–Trinajstić information content (AvgIpc) is 3.72. The summed E-state index contributed by atoms with van der Waals surface area (Å²) in [4.78, 5) is 75.2. The molecule has 1 saturated carbocycles. The number of nitrogens with one attached hydrogen (secondary N) is 3. The Kier molecular flexibility index (Phi) is 12.7. The van der Waals surface area contributed by atoms with Crippen molar-refractivity contribution in [1.82, 2.24) is 25.8 Å². The third kappa shape index (κ3) is 9.15. The number of rotatable bonds is 14. The summed E-state index contributed by atoms with van der Waals surface area (Å²) in [6.45, 7) is 7.55. The Bertz CT molecular complexity index is 1770. The number of Topliss-reactive ketones (excluding diaryl/α,β-unsaturated/α-hetero) is 1. The Morgan fingerprint density at radius 3 is 2.37 bits per heavy atom. The molecular formula is C39H47F2N5O5S. The number of carbonyl (C=O) groups is 5. The van der Waals surface area contributed by atoms with Crippen molar-refractivity contribution >= 4 is 52.1 Å². The summed E-state index contributed by atoms with van der Waals surface area (Å²) >= 11 is 0.921. The van der Waals surface area contributed by atoms with E-state index in [1.165, 1.54) is 4.90 Å². The monoisotopic (exact) mass is 735 g/mol. The molecule has 278 valence electrons. The van der Waals surface area contributed by atoms with Gasteiger partial charge in [0.15, 0.2) is 0 Å². The summed E-state index contributed by atoms with van der Waals surface area (Å²) in [5.74, 6) is -3.33. The first-order valence-electron chi connectivity index (χ1n) is 17.8. The molecule has 6 atom stereocenters. The zero-order chi connectivity index (χ0) is 37.6. The minimum absolute atomic E-state index is 0.0445. The SMILES string of the molecule is C[C@H](NC(=O)C(=O)C(NC(=O)[C@@H]1[C@H]2CCC[C@H]2CN1C(=O)[C@@H](NC(=O)c1ccnc2ccccc12)C(C)(C)C)SCCCC(F)F)c1ccccc1. The van der Waals surface area contributed by atoms with E-state index in [-0.39, 0.29) is 30.4 Å². The van der Waals surface area contributed by atoms with Crippen LogP contribution in [0.5, 0.6) is 0 Å². The number of carbonyl (C=O) groups excluding carboxylic acids is 5. The van der Waals surface area contributed by atoms with Crippen LogP contribution in [-0.2, 0) is 19.2 Å². The summed E-state index contributed by atoms with van der Waals surface area (Å²) in [7, 11) is 0. The normalized spacial score (nSPS) is 20.2. The molecule has 1 saturated heterocycles. The highest BCUT2D eigenvalue weighted by Gasteiger charge is 2.52. The number of ketones is 1. The number of hydrogen-bond acceptors (Lipinski definition) is 7. The second kappa shape index (κ2) is 17.0. The fourth-order valence-corrected chi connectivity index (χ4v) is 8.26. The van der Waals surface area contributed by atoms with Gasteiger partial charge in [-0.25, -0.2) is 8.78 Å². The number of hydrogen-bond donors (Lipinski definition) is 3. The number of likely N-dealkylation sites (tertiary alicyclic amines) is 1. The number of halogens is 2. The predicted octanol–water partition coefficient (Wildman–Crippen LogP) is 5.67. The molecule has 0 bridgehead atoms. The highest BCUT2D eigenvalue weighted by Crippen LogP contribution is 2.43. The Hall–Kier alpha value is -4.39. The molecule has 13 heteroatoms. The fourth-order valence-electron chi connectivity index (χ4n) is 7.23. The zero-order valence-electron chi connectivity index (χ0n) is 29.9. The summed E-state index contributed by atoms with van der Waals surface area (Å²) in [6.07, 6.45) is 1.09. The van der Waals surface area contributed by atoms with E-state index in [0.29, 0.717) is 29.4 Å². The van der Waals surface area contributed by atoms with Gasteiger partial charge in [-0.15, -0.1) is 11.8 Å². The molecule has 4 amide bonds. The molecule has 3 N–H and O–H groups in total. The van der Waals surface area contributed by atoms with Gasteiger partial charge >= 0.3 is 0 Å². The van der Waals surface area contributed by atoms with Crippen molar-refractivity contribution in [2.24, 2.45) is 17.3 Å². The lowest BCUT2D eigenvalue weighted by atomic mass is 9.85. The number of benzene rings is 2. The minimum Gasteiger partial charge on any atom is -0.343 e. The van der Waals surface area contributed by atoms with Crippen LogP contribution in [0.3, 0.4) is 0 Å². The highest BCUT2D eigenvalue weighted by atomic mass is 32.2. The number of amides is 4. The van der Waals surface area contributed by atoms with Crippen molar-refractivity contribution in [3.63, 3.8) is 0 Å². The molecule has 10 nitrogen and oxygen atoms in total. The first kappa shape index (κ1) is 38.8. The van der Waals surface area contributed by atoms with Gasteiger partial charge in [-0.05, 0) is 66.9 Å². The first-order valence-corrected chi connectivity index (χ1v) is 18.9. The quantitative estimate of drug-likeness (QED) is 0.110. The van der Waals surface area contributed by atoms with E-state index >= 15 is 0 Å². The molecule has 5 rings (SSSR count). The van der Waals surface area contributed by atoms with Crippen molar-refractivity contribution in [3.8, 4) is 0 Å². The van der Waals surface area contributed by atoms with Crippen LogP contribution < -0.4 is 16.0 Å². The Morgan fingerprint density at radius 2 is 1.65 bits per heavy atom. The molecule has 2 aromatic carbocycles. The van der Waals surface area contributed by atoms with Gasteiger partial charge in [-0.2, -0.15) is 0 Å². The van der Waals surface area contributed by atoms with Gasteiger partial charge in [0.25, 0.3) is 17.6 Å². The zero-order valence-corrected chi connectivity index (χ0v) is 30.8. The second-order valence-electron chi connectivity index (χ2n) is 14.7. The van der Waals surface area contributed by atoms with Gasteiger partial charge in [-0.1, -0.05) is 75.7 Å². The predicted molar refractivity (Wildman–Crippen MR) is 196 cm³/mol.